The molecule has 0 spiro atoms. The van der Waals surface area contributed by atoms with Gasteiger partial charge in [0.25, 0.3) is 0 Å². The molecule has 0 radical (unpaired) electrons. The lowest BCUT2D eigenvalue weighted by Crippen LogP contribution is -2.14. The Hall–Kier alpha value is -9.04. The zero-order chi connectivity index (χ0) is 45.9. The molecular weight excluding hydrogens is 831 g/mol. The molecule has 0 aliphatic rings. The molecule has 0 atom stereocenters. The van der Waals surface area contributed by atoms with Crippen LogP contribution in [-0.2, 0) is 0 Å². The van der Waals surface area contributed by atoms with Gasteiger partial charge in [-0.05, 0) is 95.6 Å². The van der Waals surface area contributed by atoms with Crippen LogP contribution in [0.1, 0.15) is 0 Å². The van der Waals surface area contributed by atoms with E-state index in [1.165, 1.54) is 71.6 Å². The Morgan fingerprint density at radius 1 is 0.203 bits per heavy atom. The highest BCUT2D eigenvalue weighted by molar-refractivity contribution is 6.25. The summed E-state index contributed by atoms with van der Waals surface area (Å²) < 4.78 is 0. The van der Waals surface area contributed by atoms with Crippen molar-refractivity contribution < 1.29 is 0 Å². The summed E-state index contributed by atoms with van der Waals surface area (Å²) in [5.41, 5.74) is 19.8. The van der Waals surface area contributed by atoms with Crippen molar-refractivity contribution in [3.05, 3.63) is 285 Å². The Bertz CT molecular complexity index is 3660. The van der Waals surface area contributed by atoms with Crippen LogP contribution >= 0.6 is 0 Å². The number of hydrogen-bond donors (Lipinski definition) is 0. The van der Waals surface area contributed by atoms with E-state index in [9.17, 15) is 0 Å². The summed E-state index contributed by atoms with van der Waals surface area (Å²) in [7, 11) is 0. The Balaban J connectivity index is 1.19. The Labute approximate surface area is 404 Å². The van der Waals surface area contributed by atoms with E-state index >= 15 is 0 Å². The third-order valence-electron chi connectivity index (χ3n) is 13.5. The molecule has 0 bridgehead atoms. The predicted octanol–water partition coefficient (Wildman–Crippen LogP) is 19.1. The Kier molecular flexibility index (Phi) is 11.0. The van der Waals surface area contributed by atoms with Crippen molar-refractivity contribution in [2.24, 2.45) is 0 Å². The second-order valence-corrected chi connectivity index (χ2v) is 17.5. The van der Waals surface area contributed by atoms with Crippen molar-refractivity contribution in [1.29, 1.82) is 0 Å². The highest BCUT2D eigenvalue weighted by Crippen LogP contribution is 2.53. The normalized spacial score (nSPS) is 11.2. The van der Waals surface area contributed by atoms with E-state index in [1.54, 1.807) is 0 Å². The third kappa shape index (κ3) is 7.67. The van der Waals surface area contributed by atoms with Crippen LogP contribution in [0, 0.1) is 0 Å². The molecule has 0 N–H and O–H groups in total. The molecule has 0 saturated heterocycles. The van der Waals surface area contributed by atoms with Crippen LogP contribution in [-0.4, -0.2) is 0 Å². The smallest absolute Gasteiger partial charge is 0.0618 e. The summed E-state index contributed by atoms with van der Waals surface area (Å²) in [6.45, 7) is 0. The maximum absolute atomic E-state index is 2.55. The largest absolute Gasteiger partial charge is 0.309 e. The molecular formula is C68H47N. The van der Waals surface area contributed by atoms with Crippen molar-refractivity contribution >= 4 is 38.6 Å². The molecule has 0 heterocycles. The fourth-order valence-electron chi connectivity index (χ4n) is 10.4. The van der Waals surface area contributed by atoms with Crippen LogP contribution in [0.25, 0.3) is 99.4 Å². The zero-order valence-electron chi connectivity index (χ0n) is 38.1. The maximum atomic E-state index is 2.55. The number of hydrogen-bond acceptors (Lipinski definition) is 1. The second-order valence-electron chi connectivity index (χ2n) is 17.5. The number of fused-ring (bicyclic) bond motifs is 3. The van der Waals surface area contributed by atoms with Crippen LogP contribution in [0.3, 0.4) is 0 Å². The quantitative estimate of drug-likeness (QED) is 0.124. The molecule has 0 unspecified atom stereocenters. The zero-order valence-corrected chi connectivity index (χ0v) is 38.1. The molecule has 0 saturated carbocycles. The summed E-state index contributed by atoms with van der Waals surface area (Å²) in [6, 6.07) is 104. The summed E-state index contributed by atoms with van der Waals surface area (Å²) >= 11 is 0. The molecule has 324 valence electrons. The molecule has 0 aliphatic carbocycles. The van der Waals surface area contributed by atoms with E-state index in [0.29, 0.717) is 0 Å². The van der Waals surface area contributed by atoms with E-state index in [4.69, 9.17) is 0 Å². The van der Waals surface area contributed by atoms with E-state index in [1.807, 2.05) is 0 Å². The predicted molar refractivity (Wildman–Crippen MR) is 294 cm³/mol. The van der Waals surface area contributed by atoms with Crippen LogP contribution in [0.2, 0.25) is 0 Å². The SMILES string of the molecule is c1ccc(-c2cccc(-c3ccc(N(c4c(-c5ccccc5)cccc4-c4ccccc4)c4cccc5c4c(-c4ccccc4)c(-c4ccccc4)c4ccccc45)cc3)c2-c2ccccc2)cc1. The van der Waals surface area contributed by atoms with E-state index in [0.717, 1.165) is 44.9 Å². The molecule has 0 fully saturated rings. The van der Waals surface area contributed by atoms with Gasteiger partial charge in [-0.25, -0.2) is 0 Å². The molecule has 0 aromatic heterocycles. The van der Waals surface area contributed by atoms with Gasteiger partial charge in [-0.2, -0.15) is 0 Å². The van der Waals surface area contributed by atoms with Crippen molar-refractivity contribution in [2.75, 3.05) is 4.90 Å². The highest BCUT2D eigenvalue weighted by atomic mass is 15.1. The molecule has 69 heavy (non-hydrogen) atoms. The molecule has 1 nitrogen and oxygen atoms in total. The van der Waals surface area contributed by atoms with E-state index < -0.39 is 0 Å². The highest BCUT2D eigenvalue weighted by Gasteiger charge is 2.27. The van der Waals surface area contributed by atoms with Crippen LogP contribution < -0.4 is 4.90 Å². The molecule has 1 heteroatoms. The fourth-order valence-corrected chi connectivity index (χ4v) is 10.4. The van der Waals surface area contributed by atoms with Gasteiger partial charge >= 0.3 is 0 Å². The van der Waals surface area contributed by atoms with Gasteiger partial charge in [0.05, 0.1) is 11.4 Å². The first kappa shape index (κ1) is 41.4. The number of para-hydroxylation sites is 1. The first-order valence-corrected chi connectivity index (χ1v) is 23.8. The molecule has 12 aromatic rings. The van der Waals surface area contributed by atoms with Gasteiger partial charge in [0, 0.05) is 27.8 Å². The molecule has 0 aliphatic heterocycles. The summed E-state index contributed by atoms with van der Waals surface area (Å²) in [4.78, 5) is 2.55. The van der Waals surface area contributed by atoms with E-state index in [-0.39, 0.29) is 0 Å². The molecule has 12 rings (SSSR count). The minimum Gasteiger partial charge on any atom is -0.309 e. The average Bonchev–Trinajstić information content (AvgIpc) is 3.44. The van der Waals surface area contributed by atoms with Gasteiger partial charge in [-0.15, -0.1) is 0 Å². The first-order chi connectivity index (χ1) is 34.3. The first-order valence-electron chi connectivity index (χ1n) is 23.8. The van der Waals surface area contributed by atoms with Gasteiger partial charge in [0.15, 0.2) is 0 Å². The average molecular weight is 878 g/mol. The van der Waals surface area contributed by atoms with Gasteiger partial charge in [0.2, 0.25) is 0 Å². The molecule has 0 amide bonds. The van der Waals surface area contributed by atoms with Gasteiger partial charge in [-0.1, -0.05) is 267 Å². The summed E-state index contributed by atoms with van der Waals surface area (Å²) in [6.07, 6.45) is 0. The van der Waals surface area contributed by atoms with Crippen molar-refractivity contribution in [1.82, 2.24) is 0 Å². The lowest BCUT2D eigenvalue weighted by molar-refractivity contribution is 1.30. The van der Waals surface area contributed by atoms with Crippen LogP contribution in [0.15, 0.2) is 285 Å². The maximum Gasteiger partial charge on any atom is 0.0618 e. The Morgan fingerprint density at radius 2 is 0.551 bits per heavy atom. The Morgan fingerprint density at radius 3 is 1.04 bits per heavy atom. The van der Waals surface area contributed by atoms with Crippen molar-refractivity contribution in [2.45, 2.75) is 0 Å². The lowest BCUT2D eigenvalue weighted by Gasteiger charge is -2.33. The van der Waals surface area contributed by atoms with Crippen LogP contribution in [0.5, 0.6) is 0 Å². The van der Waals surface area contributed by atoms with Crippen molar-refractivity contribution in [3.8, 4) is 77.9 Å². The topological polar surface area (TPSA) is 3.24 Å². The van der Waals surface area contributed by atoms with Gasteiger partial charge in [-0.3, -0.25) is 0 Å². The molecule has 12 aromatic carbocycles. The minimum absolute atomic E-state index is 1.06. The number of benzene rings is 12. The third-order valence-corrected chi connectivity index (χ3v) is 13.5. The monoisotopic (exact) mass is 877 g/mol. The number of rotatable bonds is 10. The van der Waals surface area contributed by atoms with Crippen molar-refractivity contribution in [3.63, 3.8) is 0 Å². The lowest BCUT2D eigenvalue weighted by atomic mass is 9.84. The summed E-state index contributed by atoms with van der Waals surface area (Å²) in [5, 5.41) is 4.83. The standard InChI is InChI=1S/C68H47N/c1-7-24-48(25-8-1)56-38-21-39-57(64(56)52-30-13-4-14-31-52)51-44-46-55(47-45-51)69(68-58(49-26-9-2-10-27-49)40-22-41-59(68)50-28-11-3-12-29-50)63-43-23-42-62-60-36-19-20-37-61(60)65(53-32-15-5-16-33-53)66(67(62)63)54-34-17-6-18-35-54/h1-47H. The summed E-state index contributed by atoms with van der Waals surface area (Å²) in [5.74, 6) is 0. The van der Waals surface area contributed by atoms with Gasteiger partial charge in [0.1, 0.15) is 0 Å². The van der Waals surface area contributed by atoms with Crippen LogP contribution in [0.4, 0.5) is 17.1 Å². The minimum atomic E-state index is 1.06. The van der Waals surface area contributed by atoms with Gasteiger partial charge < -0.3 is 4.90 Å². The fraction of sp³-hybridized carbons (Fsp3) is 0. The second kappa shape index (κ2) is 18.3. The van der Waals surface area contributed by atoms with E-state index in [2.05, 4.69) is 290 Å². The number of anilines is 3. The number of nitrogens with zero attached hydrogens (tertiary/aromatic N) is 1.